The molecule has 2 aromatic rings. The number of nitrogens with zero attached hydrogens (tertiary/aromatic N) is 2. The first-order chi connectivity index (χ1) is 12.0. The number of rotatable bonds is 5. The number of nitrogens with one attached hydrogen (secondary N) is 2. The molecule has 0 aliphatic carbocycles. The molecule has 1 aromatic carbocycles. The Balaban J connectivity index is 1.66. The quantitative estimate of drug-likeness (QED) is 0.637. The molecule has 1 fully saturated rings. The summed E-state index contributed by atoms with van der Waals surface area (Å²) in [5.74, 6) is 0.455. The van der Waals surface area contributed by atoms with Crippen molar-refractivity contribution in [1.82, 2.24) is 4.72 Å². The number of pyridine rings is 1. The highest BCUT2D eigenvalue weighted by Crippen LogP contribution is 2.25. The van der Waals surface area contributed by atoms with E-state index in [-0.39, 0.29) is 16.6 Å². The van der Waals surface area contributed by atoms with Gasteiger partial charge in [-0.15, -0.1) is 0 Å². The van der Waals surface area contributed by atoms with Gasteiger partial charge in [-0.3, -0.25) is 15.0 Å². The number of sulfonamides is 1. The number of hydrogen-bond acceptors (Lipinski definition) is 5. The van der Waals surface area contributed by atoms with Crippen LogP contribution in [0.25, 0.3) is 0 Å². The van der Waals surface area contributed by atoms with Crippen LogP contribution in [0.5, 0.6) is 0 Å². The molecular weight excluding hydrogens is 344 g/mol. The van der Waals surface area contributed by atoms with Crippen molar-refractivity contribution >= 4 is 21.5 Å². The maximum atomic E-state index is 12.4. The van der Waals surface area contributed by atoms with Crippen molar-refractivity contribution in [2.75, 3.05) is 18.0 Å². The van der Waals surface area contributed by atoms with Crippen LogP contribution in [-0.4, -0.2) is 32.5 Å². The van der Waals surface area contributed by atoms with Gasteiger partial charge < -0.3 is 0 Å². The number of aromatic amines is 1. The third-order valence-electron chi connectivity index (χ3n) is 4.20. The van der Waals surface area contributed by atoms with Gasteiger partial charge in [-0.2, -0.15) is 0 Å². The number of hydrogen-bond donors (Lipinski definition) is 1. The average Bonchev–Trinajstić information content (AvgIpc) is 2.63. The van der Waals surface area contributed by atoms with E-state index in [4.69, 9.17) is 0 Å². The summed E-state index contributed by atoms with van der Waals surface area (Å²) in [4.78, 5) is 15.8. The SMILES string of the molecule is O=[N+]([O-])c1ccc[nH+]c1N1CCC(NS(=O)(=O)c2ccccc2)CC1. The highest BCUT2D eigenvalue weighted by atomic mass is 32.2. The third kappa shape index (κ3) is 3.94. The second-order valence-corrected chi connectivity index (χ2v) is 7.57. The van der Waals surface area contributed by atoms with Crippen molar-refractivity contribution in [3.05, 3.63) is 58.8 Å². The Morgan fingerprint density at radius 3 is 2.44 bits per heavy atom. The normalized spacial score (nSPS) is 15.9. The molecule has 0 amide bonds. The predicted octanol–water partition coefficient (Wildman–Crippen LogP) is 1.36. The molecular formula is C16H19N4O4S+. The summed E-state index contributed by atoms with van der Waals surface area (Å²) >= 11 is 0. The molecule has 0 atom stereocenters. The summed E-state index contributed by atoms with van der Waals surface area (Å²) in [5.41, 5.74) is 0.0193. The van der Waals surface area contributed by atoms with Crippen LogP contribution in [0.2, 0.25) is 0 Å². The van der Waals surface area contributed by atoms with Gasteiger partial charge >= 0.3 is 11.5 Å². The van der Waals surface area contributed by atoms with Gasteiger partial charge in [0.25, 0.3) is 0 Å². The molecule has 0 bridgehead atoms. The first-order valence-electron chi connectivity index (χ1n) is 7.95. The van der Waals surface area contributed by atoms with Crippen LogP contribution in [0.4, 0.5) is 11.5 Å². The van der Waals surface area contributed by atoms with E-state index in [9.17, 15) is 18.5 Å². The number of anilines is 1. The van der Waals surface area contributed by atoms with Crippen LogP contribution in [0.1, 0.15) is 12.8 Å². The fourth-order valence-electron chi connectivity index (χ4n) is 2.93. The maximum absolute atomic E-state index is 12.4. The Morgan fingerprint density at radius 2 is 1.80 bits per heavy atom. The Kier molecular flexibility index (Phi) is 4.95. The largest absolute Gasteiger partial charge is 0.357 e. The summed E-state index contributed by atoms with van der Waals surface area (Å²) in [6.07, 6.45) is 2.80. The minimum absolute atomic E-state index is 0.0193. The lowest BCUT2D eigenvalue weighted by Crippen LogP contribution is -2.46. The number of nitro groups is 1. The van der Waals surface area contributed by atoms with Gasteiger partial charge in [-0.1, -0.05) is 18.2 Å². The summed E-state index contributed by atoms with van der Waals surface area (Å²) in [6.45, 7) is 1.06. The summed E-state index contributed by atoms with van der Waals surface area (Å²) in [5, 5.41) is 11.1. The van der Waals surface area contributed by atoms with Crippen LogP contribution in [-0.2, 0) is 10.0 Å². The zero-order valence-electron chi connectivity index (χ0n) is 13.5. The van der Waals surface area contributed by atoms with E-state index in [1.807, 2.05) is 4.90 Å². The first kappa shape index (κ1) is 17.3. The standard InChI is InChI=1S/C16H18N4O4S/c21-20(22)15-7-4-10-17-16(15)19-11-8-13(9-12-19)18-25(23,24)14-5-2-1-3-6-14/h1-7,10,13,18H,8-9,11-12H2/p+1. The molecule has 1 saturated heterocycles. The Labute approximate surface area is 145 Å². The van der Waals surface area contributed by atoms with Crippen LogP contribution >= 0.6 is 0 Å². The Hall–Kier alpha value is -2.52. The highest BCUT2D eigenvalue weighted by molar-refractivity contribution is 7.89. The van der Waals surface area contributed by atoms with Crippen molar-refractivity contribution in [2.45, 2.75) is 23.8 Å². The molecule has 8 nitrogen and oxygen atoms in total. The summed E-state index contributed by atoms with van der Waals surface area (Å²) in [6, 6.07) is 11.1. The van der Waals surface area contributed by atoms with Crippen molar-refractivity contribution in [3.63, 3.8) is 0 Å². The van der Waals surface area contributed by atoms with E-state index in [0.717, 1.165) is 0 Å². The second kappa shape index (κ2) is 7.16. The van der Waals surface area contributed by atoms with Gasteiger partial charge in [0.2, 0.25) is 10.0 Å². The summed E-state index contributed by atoms with van der Waals surface area (Å²) in [7, 11) is -3.55. The maximum Gasteiger partial charge on any atom is 0.357 e. The minimum Gasteiger partial charge on any atom is -0.258 e. The number of aromatic nitrogens is 1. The van der Waals surface area contributed by atoms with Crippen molar-refractivity contribution in [1.29, 1.82) is 0 Å². The molecule has 0 spiro atoms. The molecule has 1 aliphatic rings. The Bertz CT molecular complexity index is 849. The molecule has 3 rings (SSSR count). The monoisotopic (exact) mass is 363 g/mol. The van der Waals surface area contributed by atoms with Gasteiger partial charge in [0.15, 0.2) is 0 Å². The molecule has 1 aromatic heterocycles. The highest BCUT2D eigenvalue weighted by Gasteiger charge is 2.33. The molecule has 25 heavy (non-hydrogen) atoms. The Morgan fingerprint density at radius 1 is 1.12 bits per heavy atom. The van der Waals surface area contributed by atoms with Crippen molar-refractivity contribution < 1.29 is 18.3 Å². The zero-order valence-corrected chi connectivity index (χ0v) is 14.3. The van der Waals surface area contributed by atoms with Crippen molar-refractivity contribution in [2.24, 2.45) is 0 Å². The fraction of sp³-hybridized carbons (Fsp3) is 0.312. The van der Waals surface area contributed by atoms with E-state index in [2.05, 4.69) is 9.71 Å². The number of H-pyrrole nitrogens is 1. The molecule has 132 valence electrons. The first-order valence-corrected chi connectivity index (χ1v) is 9.43. The van der Waals surface area contributed by atoms with E-state index in [1.165, 1.54) is 6.07 Å². The molecule has 0 radical (unpaired) electrons. The molecule has 0 saturated carbocycles. The van der Waals surface area contributed by atoms with Gasteiger partial charge in [0.05, 0.1) is 29.1 Å². The second-order valence-electron chi connectivity index (χ2n) is 5.86. The summed E-state index contributed by atoms with van der Waals surface area (Å²) < 4.78 is 27.5. The molecule has 9 heteroatoms. The van der Waals surface area contributed by atoms with E-state index in [1.54, 1.807) is 42.6 Å². The fourth-order valence-corrected chi connectivity index (χ4v) is 4.25. The minimum atomic E-state index is -3.55. The van der Waals surface area contributed by atoms with Crippen LogP contribution < -0.4 is 14.6 Å². The van der Waals surface area contributed by atoms with Crippen molar-refractivity contribution in [3.8, 4) is 0 Å². The number of benzene rings is 1. The topological polar surface area (TPSA) is 107 Å². The van der Waals surface area contributed by atoms with Crippen LogP contribution in [0, 0.1) is 10.1 Å². The zero-order chi connectivity index (χ0) is 17.9. The molecule has 0 unspecified atom stereocenters. The predicted molar refractivity (Wildman–Crippen MR) is 91.7 cm³/mol. The van der Waals surface area contributed by atoms with E-state index < -0.39 is 14.9 Å². The lowest BCUT2D eigenvalue weighted by Gasteiger charge is -2.27. The van der Waals surface area contributed by atoms with E-state index >= 15 is 0 Å². The smallest absolute Gasteiger partial charge is 0.258 e. The molecule has 1 aliphatic heterocycles. The van der Waals surface area contributed by atoms with E-state index in [0.29, 0.717) is 31.7 Å². The average molecular weight is 363 g/mol. The molecule has 2 N–H and O–H groups in total. The third-order valence-corrected chi connectivity index (χ3v) is 5.73. The van der Waals surface area contributed by atoms with Gasteiger partial charge in [-0.05, 0) is 18.2 Å². The van der Waals surface area contributed by atoms with Gasteiger partial charge in [0.1, 0.15) is 0 Å². The lowest BCUT2D eigenvalue weighted by molar-refractivity contribution is -0.411. The van der Waals surface area contributed by atoms with Gasteiger partial charge in [-0.25, -0.2) is 18.1 Å². The van der Waals surface area contributed by atoms with Crippen LogP contribution in [0.3, 0.4) is 0 Å². The lowest BCUT2D eigenvalue weighted by atomic mass is 10.1. The molecule has 2 heterocycles. The van der Waals surface area contributed by atoms with Gasteiger partial charge in [0, 0.05) is 24.9 Å². The number of piperidine rings is 1. The van der Waals surface area contributed by atoms with Crippen LogP contribution in [0.15, 0.2) is 53.6 Å².